The fraction of sp³-hybridized carbons (Fsp3) is 0.188. The van der Waals surface area contributed by atoms with Gasteiger partial charge in [0.1, 0.15) is 0 Å². The van der Waals surface area contributed by atoms with Gasteiger partial charge in [-0.15, -0.1) is 11.3 Å². The maximum Gasteiger partial charge on any atom is 0.246 e. The molecule has 0 spiro atoms. The number of aromatic amines is 1. The molecule has 2 N–H and O–H groups in total. The molecule has 0 aliphatic carbocycles. The van der Waals surface area contributed by atoms with E-state index in [0.717, 1.165) is 32.9 Å². The van der Waals surface area contributed by atoms with Gasteiger partial charge in [-0.3, -0.25) is 4.79 Å². The van der Waals surface area contributed by atoms with Crippen molar-refractivity contribution in [2.75, 3.05) is 0 Å². The maximum absolute atomic E-state index is 11.8. The van der Waals surface area contributed by atoms with Crippen LogP contribution in [0, 0.1) is 13.8 Å². The molecule has 0 radical (unpaired) electrons. The minimum Gasteiger partial charge on any atom is -0.358 e. The van der Waals surface area contributed by atoms with Gasteiger partial charge in [0.25, 0.3) is 0 Å². The molecule has 0 saturated carbocycles. The van der Waals surface area contributed by atoms with E-state index in [0.29, 0.717) is 0 Å². The van der Waals surface area contributed by atoms with E-state index in [1.54, 1.807) is 6.21 Å². The molecule has 0 aliphatic heterocycles. The Labute approximate surface area is 132 Å². The van der Waals surface area contributed by atoms with Crippen LogP contribution in [0.3, 0.4) is 0 Å². The first-order chi connectivity index (χ1) is 10.6. The third kappa shape index (κ3) is 3.07. The summed E-state index contributed by atoms with van der Waals surface area (Å²) >= 11 is 1.54. The largest absolute Gasteiger partial charge is 0.358 e. The number of hydrazone groups is 1. The highest BCUT2D eigenvalue weighted by molar-refractivity contribution is 7.09. The number of thiazole rings is 1. The van der Waals surface area contributed by atoms with Gasteiger partial charge in [0.15, 0.2) is 0 Å². The molecule has 2 aromatic heterocycles. The van der Waals surface area contributed by atoms with E-state index >= 15 is 0 Å². The van der Waals surface area contributed by atoms with Crippen LogP contribution in [0.5, 0.6) is 0 Å². The van der Waals surface area contributed by atoms with Gasteiger partial charge in [-0.05, 0) is 19.9 Å². The molecule has 112 valence electrons. The number of fused-ring (bicyclic) bond motifs is 1. The Balaban J connectivity index is 1.68. The Morgan fingerprint density at radius 3 is 3.00 bits per heavy atom. The van der Waals surface area contributed by atoms with Gasteiger partial charge >= 0.3 is 0 Å². The summed E-state index contributed by atoms with van der Waals surface area (Å²) in [5.41, 5.74) is 6.40. The number of carbonyl (C=O) groups is 1. The van der Waals surface area contributed by atoms with Crippen molar-refractivity contribution < 1.29 is 4.79 Å². The molecule has 2 heterocycles. The van der Waals surface area contributed by atoms with E-state index in [-0.39, 0.29) is 12.3 Å². The van der Waals surface area contributed by atoms with E-state index in [1.165, 1.54) is 11.3 Å². The maximum atomic E-state index is 11.8. The quantitative estimate of drug-likeness (QED) is 0.574. The molecule has 3 aromatic rings. The number of H-pyrrole nitrogens is 1. The molecule has 0 aliphatic rings. The second-order valence-corrected chi connectivity index (χ2v) is 6.10. The van der Waals surface area contributed by atoms with Crippen LogP contribution in [0.1, 0.15) is 22.0 Å². The predicted molar refractivity (Wildman–Crippen MR) is 89.3 cm³/mol. The molecule has 3 rings (SSSR count). The Morgan fingerprint density at radius 1 is 1.41 bits per heavy atom. The highest BCUT2D eigenvalue weighted by Crippen LogP contribution is 2.19. The topological polar surface area (TPSA) is 70.1 Å². The van der Waals surface area contributed by atoms with Gasteiger partial charge in [-0.25, -0.2) is 10.4 Å². The number of carbonyl (C=O) groups excluding carboxylic acids is 1. The van der Waals surface area contributed by atoms with Crippen molar-refractivity contribution in [1.82, 2.24) is 15.4 Å². The number of nitrogens with one attached hydrogen (secondary N) is 2. The van der Waals surface area contributed by atoms with Crippen LogP contribution in [0.4, 0.5) is 0 Å². The second-order valence-electron chi connectivity index (χ2n) is 5.04. The van der Waals surface area contributed by atoms with Crippen molar-refractivity contribution in [3.05, 3.63) is 51.6 Å². The number of rotatable bonds is 4. The number of amides is 1. The van der Waals surface area contributed by atoms with E-state index < -0.39 is 0 Å². The summed E-state index contributed by atoms with van der Waals surface area (Å²) in [6, 6.07) is 8.01. The average Bonchev–Trinajstić information content (AvgIpc) is 3.03. The van der Waals surface area contributed by atoms with Crippen LogP contribution in [0.15, 0.2) is 34.7 Å². The molecular formula is C16H16N4OS. The van der Waals surface area contributed by atoms with Crippen molar-refractivity contribution >= 4 is 34.4 Å². The van der Waals surface area contributed by atoms with Gasteiger partial charge in [0.2, 0.25) is 5.91 Å². The van der Waals surface area contributed by atoms with Crippen molar-refractivity contribution in [2.45, 2.75) is 20.3 Å². The summed E-state index contributed by atoms with van der Waals surface area (Å²) in [6.07, 6.45) is 1.92. The number of nitrogens with zero attached hydrogens (tertiary/aromatic N) is 2. The minimum absolute atomic E-state index is 0.168. The van der Waals surface area contributed by atoms with Crippen LogP contribution < -0.4 is 5.43 Å². The number of aromatic nitrogens is 2. The van der Waals surface area contributed by atoms with Gasteiger partial charge in [0.05, 0.1) is 23.3 Å². The van der Waals surface area contributed by atoms with E-state index in [9.17, 15) is 4.79 Å². The number of hydrogen-bond acceptors (Lipinski definition) is 4. The number of hydrogen-bond donors (Lipinski definition) is 2. The summed E-state index contributed by atoms with van der Waals surface area (Å²) in [5, 5.41) is 8.00. The van der Waals surface area contributed by atoms with E-state index in [4.69, 9.17) is 0 Å². The molecule has 0 atom stereocenters. The monoisotopic (exact) mass is 312 g/mol. The lowest BCUT2D eigenvalue weighted by atomic mass is 10.1. The second kappa shape index (κ2) is 6.11. The predicted octanol–water partition coefficient (Wildman–Crippen LogP) is 2.93. The van der Waals surface area contributed by atoms with E-state index in [2.05, 4.69) is 20.5 Å². The SMILES string of the molecule is Cc1nc(CC(=O)NN=Cc2c(C)[nH]c3ccccc23)cs1. The summed E-state index contributed by atoms with van der Waals surface area (Å²) in [7, 11) is 0. The number of benzene rings is 1. The Kier molecular flexibility index (Phi) is 4.02. The molecule has 0 fully saturated rings. The van der Waals surface area contributed by atoms with Gasteiger partial charge < -0.3 is 4.98 Å². The zero-order valence-electron chi connectivity index (χ0n) is 12.4. The van der Waals surface area contributed by atoms with Crippen molar-refractivity contribution in [3.63, 3.8) is 0 Å². The molecule has 1 amide bonds. The van der Waals surface area contributed by atoms with Crippen LogP contribution in [-0.4, -0.2) is 22.1 Å². The lowest BCUT2D eigenvalue weighted by Crippen LogP contribution is -2.20. The highest BCUT2D eigenvalue weighted by atomic mass is 32.1. The summed E-state index contributed by atoms with van der Waals surface area (Å²) in [5.74, 6) is -0.168. The van der Waals surface area contributed by atoms with Gasteiger partial charge in [-0.1, -0.05) is 18.2 Å². The van der Waals surface area contributed by atoms with Crippen molar-refractivity contribution in [3.8, 4) is 0 Å². The third-order valence-electron chi connectivity index (χ3n) is 3.33. The fourth-order valence-electron chi connectivity index (χ4n) is 2.33. The molecule has 6 heteroatoms. The molecule has 1 aromatic carbocycles. The molecular weight excluding hydrogens is 296 g/mol. The zero-order chi connectivity index (χ0) is 15.5. The lowest BCUT2D eigenvalue weighted by Gasteiger charge is -1.97. The first-order valence-electron chi connectivity index (χ1n) is 6.93. The van der Waals surface area contributed by atoms with Crippen LogP contribution in [0.2, 0.25) is 0 Å². The van der Waals surface area contributed by atoms with Crippen LogP contribution in [-0.2, 0) is 11.2 Å². The first kappa shape index (κ1) is 14.5. The standard InChI is InChI=1S/C16H16N4OS/c1-10-14(13-5-3-4-6-15(13)18-10)8-17-20-16(21)7-12-9-22-11(2)19-12/h3-6,8-9,18H,7H2,1-2H3,(H,20,21). The van der Waals surface area contributed by atoms with E-state index in [1.807, 2.05) is 43.5 Å². The van der Waals surface area contributed by atoms with Gasteiger partial charge in [-0.2, -0.15) is 5.10 Å². The smallest absolute Gasteiger partial charge is 0.246 e. The summed E-state index contributed by atoms with van der Waals surface area (Å²) < 4.78 is 0. The van der Waals surface area contributed by atoms with Gasteiger partial charge in [0, 0.05) is 27.5 Å². The molecule has 22 heavy (non-hydrogen) atoms. The third-order valence-corrected chi connectivity index (χ3v) is 4.16. The number of aryl methyl sites for hydroxylation is 2. The average molecular weight is 312 g/mol. The summed E-state index contributed by atoms with van der Waals surface area (Å²) in [4.78, 5) is 19.4. The van der Waals surface area contributed by atoms with Crippen LogP contribution in [0.25, 0.3) is 10.9 Å². The molecule has 0 unspecified atom stereocenters. The number of para-hydroxylation sites is 1. The first-order valence-corrected chi connectivity index (χ1v) is 7.81. The molecule has 0 saturated heterocycles. The Bertz CT molecular complexity index is 847. The summed E-state index contributed by atoms with van der Waals surface area (Å²) in [6.45, 7) is 3.91. The van der Waals surface area contributed by atoms with Crippen LogP contribution >= 0.6 is 11.3 Å². The highest BCUT2D eigenvalue weighted by Gasteiger charge is 2.07. The van der Waals surface area contributed by atoms with Crippen molar-refractivity contribution in [2.24, 2.45) is 5.10 Å². The Morgan fingerprint density at radius 2 is 2.23 bits per heavy atom. The molecule has 0 bridgehead atoms. The zero-order valence-corrected chi connectivity index (χ0v) is 13.2. The fourth-order valence-corrected chi connectivity index (χ4v) is 2.94. The van der Waals surface area contributed by atoms with Crippen molar-refractivity contribution in [1.29, 1.82) is 0 Å². The lowest BCUT2D eigenvalue weighted by molar-refractivity contribution is -0.120. The minimum atomic E-state index is -0.168. The molecule has 5 nitrogen and oxygen atoms in total. The normalized spacial score (nSPS) is 11.4. The Hall–Kier alpha value is -2.47.